The van der Waals surface area contributed by atoms with E-state index in [1.165, 1.54) is 12.2 Å². The molecular formula is C9H12O. The van der Waals surface area contributed by atoms with Crippen LogP contribution in [0.4, 0.5) is 0 Å². The number of allylic oxidation sites excluding steroid dienone is 5. The Morgan fingerprint density at radius 1 is 1.50 bits per heavy atom. The standard InChI is InChI=1S/C9H12O/c1-3-5-6-7-8-9(10)4-2/h3-5,7-8H,2,6H2,1H3. The minimum atomic E-state index is -0.0375. The van der Waals surface area contributed by atoms with Crippen molar-refractivity contribution in [3.8, 4) is 0 Å². The van der Waals surface area contributed by atoms with Crippen molar-refractivity contribution in [2.75, 3.05) is 0 Å². The summed E-state index contributed by atoms with van der Waals surface area (Å²) in [4.78, 5) is 10.5. The lowest BCUT2D eigenvalue weighted by Crippen LogP contribution is -1.81. The van der Waals surface area contributed by atoms with Gasteiger partial charge in [0.15, 0.2) is 5.78 Å². The van der Waals surface area contributed by atoms with Gasteiger partial charge in [-0.3, -0.25) is 4.79 Å². The van der Waals surface area contributed by atoms with Crippen LogP contribution in [0.25, 0.3) is 0 Å². The molecule has 0 atom stereocenters. The molecule has 0 aromatic rings. The van der Waals surface area contributed by atoms with Gasteiger partial charge in [0.1, 0.15) is 0 Å². The third kappa shape index (κ3) is 5.04. The van der Waals surface area contributed by atoms with Crippen LogP contribution in [0.1, 0.15) is 13.3 Å². The number of carbonyl (C=O) groups is 1. The molecule has 0 aliphatic carbocycles. The van der Waals surface area contributed by atoms with Gasteiger partial charge in [-0.1, -0.05) is 24.8 Å². The van der Waals surface area contributed by atoms with Crippen LogP contribution in [0.2, 0.25) is 0 Å². The second kappa shape index (κ2) is 6.02. The van der Waals surface area contributed by atoms with E-state index in [2.05, 4.69) is 6.58 Å². The minimum Gasteiger partial charge on any atom is -0.290 e. The summed E-state index contributed by atoms with van der Waals surface area (Å²) in [5.41, 5.74) is 0. The highest BCUT2D eigenvalue weighted by Crippen LogP contribution is 1.86. The maximum absolute atomic E-state index is 10.5. The molecule has 0 unspecified atom stereocenters. The van der Waals surface area contributed by atoms with Crippen LogP contribution in [-0.4, -0.2) is 5.78 Å². The maximum Gasteiger partial charge on any atom is 0.177 e. The zero-order valence-corrected chi connectivity index (χ0v) is 6.21. The zero-order chi connectivity index (χ0) is 7.82. The smallest absolute Gasteiger partial charge is 0.177 e. The molecule has 0 aromatic heterocycles. The van der Waals surface area contributed by atoms with Gasteiger partial charge in [0.25, 0.3) is 0 Å². The Hall–Kier alpha value is -1.11. The molecule has 0 spiro atoms. The van der Waals surface area contributed by atoms with E-state index >= 15 is 0 Å². The van der Waals surface area contributed by atoms with Crippen molar-refractivity contribution in [2.45, 2.75) is 13.3 Å². The summed E-state index contributed by atoms with van der Waals surface area (Å²) in [6.45, 7) is 5.29. The Balaban J connectivity index is 3.55. The molecule has 0 saturated carbocycles. The van der Waals surface area contributed by atoms with Gasteiger partial charge < -0.3 is 0 Å². The second-order valence-corrected chi connectivity index (χ2v) is 1.81. The van der Waals surface area contributed by atoms with Crippen LogP contribution in [-0.2, 0) is 4.79 Å². The van der Waals surface area contributed by atoms with Crippen molar-refractivity contribution in [3.63, 3.8) is 0 Å². The first-order valence-corrected chi connectivity index (χ1v) is 3.25. The number of carbonyl (C=O) groups excluding carboxylic acids is 1. The van der Waals surface area contributed by atoms with E-state index in [-0.39, 0.29) is 5.78 Å². The first-order valence-electron chi connectivity index (χ1n) is 3.25. The highest BCUT2D eigenvalue weighted by molar-refractivity contribution is 5.98. The highest BCUT2D eigenvalue weighted by atomic mass is 16.1. The largest absolute Gasteiger partial charge is 0.290 e. The molecule has 0 bridgehead atoms. The average Bonchev–Trinajstić information content (AvgIpc) is 1.98. The summed E-state index contributed by atoms with van der Waals surface area (Å²) in [7, 11) is 0. The Morgan fingerprint density at radius 2 is 2.20 bits per heavy atom. The van der Waals surface area contributed by atoms with Gasteiger partial charge in [0.2, 0.25) is 0 Å². The zero-order valence-electron chi connectivity index (χ0n) is 6.21. The quantitative estimate of drug-likeness (QED) is 0.428. The normalized spacial score (nSPS) is 10.9. The van der Waals surface area contributed by atoms with Crippen LogP contribution < -0.4 is 0 Å². The van der Waals surface area contributed by atoms with E-state index in [0.29, 0.717) is 0 Å². The molecule has 1 nitrogen and oxygen atoms in total. The van der Waals surface area contributed by atoms with Crippen molar-refractivity contribution in [2.24, 2.45) is 0 Å². The first kappa shape index (κ1) is 8.89. The third-order valence-electron chi connectivity index (χ3n) is 0.991. The molecule has 0 radical (unpaired) electrons. The number of ketones is 1. The van der Waals surface area contributed by atoms with Crippen LogP contribution in [0.15, 0.2) is 37.0 Å². The molecule has 0 saturated heterocycles. The van der Waals surface area contributed by atoms with Gasteiger partial charge in [-0.25, -0.2) is 0 Å². The van der Waals surface area contributed by atoms with Crippen LogP contribution in [0.3, 0.4) is 0 Å². The molecule has 0 rings (SSSR count). The van der Waals surface area contributed by atoms with Gasteiger partial charge >= 0.3 is 0 Å². The lowest BCUT2D eigenvalue weighted by Gasteiger charge is -1.79. The Labute approximate surface area is 61.8 Å². The van der Waals surface area contributed by atoms with Crippen molar-refractivity contribution in [3.05, 3.63) is 37.0 Å². The molecule has 1 heteroatoms. The van der Waals surface area contributed by atoms with Gasteiger partial charge in [-0.15, -0.1) is 0 Å². The van der Waals surface area contributed by atoms with Crippen molar-refractivity contribution in [1.82, 2.24) is 0 Å². The van der Waals surface area contributed by atoms with Gasteiger partial charge in [0, 0.05) is 0 Å². The molecule has 54 valence electrons. The Bertz CT molecular complexity index is 164. The van der Waals surface area contributed by atoms with Crippen molar-refractivity contribution >= 4 is 5.78 Å². The molecule has 0 aliphatic rings. The second-order valence-electron chi connectivity index (χ2n) is 1.81. The highest BCUT2D eigenvalue weighted by Gasteiger charge is 1.81. The van der Waals surface area contributed by atoms with Gasteiger partial charge in [-0.2, -0.15) is 0 Å². The van der Waals surface area contributed by atoms with Crippen LogP contribution in [0.5, 0.6) is 0 Å². The molecule has 0 aliphatic heterocycles. The minimum absolute atomic E-state index is 0.0375. The molecule has 0 fully saturated rings. The Morgan fingerprint density at radius 3 is 2.70 bits per heavy atom. The van der Waals surface area contributed by atoms with E-state index in [4.69, 9.17) is 0 Å². The maximum atomic E-state index is 10.5. The van der Waals surface area contributed by atoms with Crippen molar-refractivity contribution < 1.29 is 4.79 Å². The summed E-state index contributed by atoms with van der Waals surface area (Å²) in [5.74, 6) is -0.0375. The van der Waals surface area contributed by atoms with E-state index in [0.717, 1.165) is 6.42 Å². The number of hydrogen-bond acceptors (Lipinski definition) is 1. The predicted octanol–water partition coefficient (Wildman–Crippen LogP) is 2.26. The first-order chi connectivity index (χ1) is 4.81. The lowest BCUT2D eigenvalue weighted by molar-refractivity contribution is -0.110. The predicted molar refractivity (Wildman–Crippen MR) is 43.8 cm³/mol. The molecule has 0 heterocycles. The molecule has 0 amide bonds. The topological polar surface area (TPSA) is 17.1 Å². The van der Waals surface area contributed by atoms with E-state index < -0.39 is 0 Å². The molecular weight excluding hydrogens is 124 g/mol. The average molecular weight is 136 g/mol. The summed E-state index contributed by atoms with van der Waals surface area (Å²) < 4.78 is 0. The lowest BCUT2D eigenvalue weighted by atomic mass is 10.3. The molecule has 0 aromatic carbocycles. The molecule has 10 heavy (non-hydrogen) atoms. The monoisotopic (exact) mass is 136 g/mol. The van der Waals surface area contributed by atoms with E-state index in [1.54, 1.807) is 0 Å². The summed E-state index contributed by atoms with van der Waals surface area (Å²) >= 11 is 0. The summed E-state index contributed by atoms with van der Waals surface area (Å²) in [6, 6.07) is 0. The SMILES string of the molecule is C=CC(=O)C=CCC=CC. The van der Waals surface area contributed by atoms with Gasteiger partial charge in [0.05, 0.1) is 0 Å². The van der Waals surface area contributed by atoms with E-state index in [1.807, 2.05) is 25.2 Å². The number of rotatable bonds is 4. The summed E-state index contributed by atoms with van der Waals surface area (Å²) in [5, 5.41) is 0. The Kier molecular flexibility index (Phi) is 5.35. The van der Waals surface area contributed by atoms with E-state index in [9.17, 15) is 4.79 Å². The fraction of sp³-hybridized carbons (Fsp3) is 0.222. The number of hydrogen-bond donors (Lipinski definition) is 0. The fourth-order valence-electron chi connectivity index (χ4n) is 0.467. The molecule has 0 N–H and O–H groups in total. The van der Waals surface area contributed by atoms with Gasteiger partial charge in [-0.05, 0) is 25.5 Å². The summed E-state index contributed by atoms with van der Waals surface area (Å²) in [6.07, 6.45) is 9.37. The van der Waals surface area contributed by atoms with Crippen LogP contribution in [0, 0.1) is 0 Å². The fourth-order valence-corrected chi connectivity index (χ4v) is 0.467. The van der Waals surface area contributed by atoms with Crippen molar-refractivity contribution in [1.29, 1.82) is 0 Å². The third-order valence-corrected chi connectivity index (χ3v) is 0.991. The van der Waals surface area contributed by atoms with Crippen LogP contribution >= 0.6 is 0 Å².